The lowest BCUT2D eigenvalue weighted by Gasteiger charge is -2.09. The summed E-state index contributed by atoms with van der Waals surface area (Å²) in [6.45, 7) is 5.19. The lowest BCUT2D eigenvalue weighted by Crippen LogP contribution is -2.15. The fourth-order valence-electron chi connectivity index (χ4n) is 2.14. The number of hydrogen-bond donors (Lipinski definition) is 2. The Labute approximate surface area is 148 Å². The van der Waals surface area contributed by atoms with E-state index < -0.39 is 0 Å². The van der Waals surface area contributed by atoms with Gasteiger partial charge < -0.3 is 15.4 Å². The van der Waals surface area contributed by atoms with E-state index in [4.69, 9.17) is 4.74 Å². The van der Waals surface area contributed by atoms with Gasteiger partial charge in [-0.3, -0.25) is 9.59 Å². The molecular formula is C20H24N2O3. The number of para-hydroxylation sites is 1. The maximum Gasteiger partial charge on any atom is 0.255 e. The van der Waals surface area contributed by atoms with E-state index >= 15 is 0 Å². The largest absolute Gasteiger partial charge is 0.381 e. The van der Waals surface area contributed by atoms with Crippen molar-refractivity contribution in [1.29, 1.82) is 0 Å². The second-order valence-electron chi connectivity index (χ2n) is 6.16. The summed E-state index contributed by atoms with van der Waals surface area (Å²) in [4.78, 5) is 24.0. The first-order chi connectivity index (χ1) is 12.0. The molecule has 0 radical (unpaired) electrons. The van der Waals surface area contributed by atoms with Crippen LogP contribution in [0.1, 0.15) is 30.6 Å². The molecule has 0 spiro atoms. The van der Waals surface area contributed by atoms with Crippen LogP contribution in [-0.4, -0.2) is 25.0 Å². The van der Waals surface area contributed by atoms with Crippen LogP contribution in [0.15, 0.2) is 54.6 Å². The van der Waals surface area contributed by atoms with Crippen molar-refractivity contribution in [3.05, 3.63) is 60.2 Å². The third kappa shape index (κ3) is 6.77. The summed E-state index contributed by atoms with van der Waals surface area (Å²) in [6, 6.07) is 16.1. The first-order valence-corrected chi connectivity index (χ1v) is 8.38. The number of carbonyl (C=O) groups excluding carboxylic acids is 2. The lowest BCUT2D eigenvalue weighted by atomic mass is 10.2. The SMILES string of the molecule is CC(C)COCCC(=O)Nc1ccc(C(=O)Nc2ccccc2)cc1. The predicted molar refractivity (Wildman–Crippen MR) is 99.7 cm³/mol. The number of anilines is 2. The molecule has 132 valence electrons. The highest BCUT2D eigenvalue weighted by Crippen LogP contribution is 2.13. The summed E-state index contributed by atoms with van der Waals surface area (Å²) in [7, 11) is 0. The summed E-state index contributed by atoms with van der Waals surface area (Å²) in [5.74, 6) is 0.161. The highest BCUT2D eigenvalue weighted by atomic mass is 16.5. The molecule has 0 atom stereocenters. The molecule has 2 rings (SSSR count). The zero-order chi connectivity index (χ0) is 18.1. The maximum absolute atomic E-state index is 12.2. The number of ether oxygens (including phenoxy) is 1. The van der Waals surface area contributed by atoms with Gasteiger partial charge in [0, 0.05) is 23.5 Å². The zero-order valence-electron chi connectivity index (χ0n) is 14.6. The first kappa shape index (κ1) is 18.7. The standard InChI is InChI=1S/C20H24N2O3/c1-15(2)14-25-13-12-19(23)21-18-10-8-16(9-11-18)20(24)22-17-6-4-3-5-7-17/h3-11,15H,12-14H2,1-2H3,(H,21,23)(H,22,24). The third-order valence-electron chi connectivity index (χ3n) is 3.39. The van der Waals surface area contributed by atoms with Gasteiger partial charge in [0.2, 0.25) is 5.91 Å². The molecular weight excluding hydrogens is 316 g/mol. The van der Waals surface area contributed by atoms with E-state index in [9.17, 15) is 9.59 Å². The van der Waals surface area contributed by atoms with Crippen LogP contribution in [-0.2, 0) is 9.53 Å². The molecule has 0 heterocycles. The molecule has 0 aromatic heterocycles. The number of carbonyl (C=O) groups is 2. The Kier molecular flexibility index (Phi) is 7.16. The second kappa shape index (κ2) is 9.59. The molecule has 25 heavy (non-hydrogen) atoms. The van der Waals surface area contributed by atoms with E-state index in [0.29, 0.717) is 36.8 Å². The van der Waals surface area contributed by atoms with Crippen molar-refractivity contribution in [2.75, 3.05) is 23.8 Å². The number of amides is 2. The van der Waals surface area contributed by atoms with E-state index in [0.717, 1.165) is 5.69 Å². The van der Waals surface area contributed by atoms with Crippen molar-refractivity contribution in [3.8, 4) is 0 Å². The highest BCUT2D eigenvalue weighted by molar-refractivity contribution is 6.04. The minimum atomic E-state index is -0.189. The van der Waals surface area contributed by atoms with Crippen molar-refractivity contribution >= 4 is 23.2 Å². The smallest absolute Gasteiger partial charge is 0.255 e. The summed E-state index contributed by atoms with van der Waals surface area (Å²) in [5.41, 5.74) is 1.93. The van der Waals surface area contributed by atoms with Crippen LogP contribution in [0.2, 0.25) is 0 Å². The van der Waals surface area contributed by atoms with Crippen molar-refractivity contribution < 1.29 is 14.3 Å². The van der Waals surface area contributed by atoms with E-state index in [-0.39, 0.29) is 11.8 Å². The van der Waals surface area contributed by atoms with Gasteiger partial charge in [-0.05, 0) is 42.3 Å². The molecule has 0 saturated heterocycles. The van der Waals surface area contributed by atoms with Gasteiger partial charge in [0.25, 0.3) is 5.91 Å². The van der Waals surface area contributed by atoms with Gasteiger partial charge in [-0.15, -0.1) is 0 Å². The zero-order valence-corrected chi connectivity index (χ0v) is 14.6. The first-order valence-electron chi connectivity index (χ1n) is 8.38. The molecule has 0 aliphatic heterocycles. The monoisotopic (exact) mass is 340 g/mol. The molecule has 2 amide bonds. The lowest BCUT2D eigenvalue weighted by molar-refractivity contribution is -0.117. The van der Waals surface area contributed by atoms with E-state index in [1.807, 2.05) is 30.3 Å². The summed E-state index contributed by atoms with van der Waals surface area (Å²) in [6.07, 6.45) is 0.308. The average Bonchev–Trinajstić information content (AvgIpc) is 2.60. The Hall–Kier alpha value is -2.66. The molecule has 2 N–H and O–H groups in total. The molecule has 0 aliphatic rings. The molecule has 2 aromatic carbocycles. The molecule has 5 heteroatoms. The predicted octanol–water partition coefficient (Wildman–Crippen LogP) is 3.94. The molecule has 0 aliphatic carbocycles. The maximum atomic E-state index is 12.2. The van der Waals surface area contributed by atoms with Gasteiger partial charge in [-0.25, -0.2) is 0 Å². The van der Waals surface area contributed by atoms with Crippen molar-refractivity contribution in [3.63, 3.8) is 0 Å². The van der Waals surface area contributed by atoms with Crippen LogP contribution >= 0.6 is 0 Å². The molecule has 0 unspecified atom stereocenters. The third-order valence-corrected chi connectivity index (χ3v) is 3.39. The molecule has 0 fully saturated rings. The van der Waals surface area contributed by atoms with Crippen LogP contribution < -0.4 is 10.6 Å². The quantitative estimate of drug-likeness (QED) is 0.715. The number of rotatable bonds is 8. The average molecular weight is 340 g/mol. The van der Waals surface area contributed by atoms with Crippen LogP contribution in [0.5, 0.6) is 0 Å². The fraction of sp³-hybridized carbons (Fsp3) is 0.300. The molecule has 5 nitrogen and oxygen atoms in total. The van der Waals surface area contributed by atoms with Crippen LogP contribution in [0.4, 0.5) is 11.4 Å². The van der Waals surface area contributed by atoms with Gasteiger partial charge >= 0.3 is 0 Å². The van der Waals surface area contributed by atoms with Crippen LogP contribution in [0.25, 0.3) is 0 Å². The van der Waals surface area contributed by atoms with Crippen molar-refractivity contribution in [2.45, 2.75) is 20.3 Å². The van der Waals surface area contributed by atoms with Crippen molar-refractivity contribution in [2.24, 2.45) is 5.92 Å². The Bertz CT molecular complexity index is 682. The molecule has 0 bridgehead atoms. The van der Waals surface area contributed by atoms with E-state index in [1.54, 1.807) is 24.3 Å². The molecule has 2 aromatic rings. The summed E-state index contributed by atoms with van der Waals surface area (Å²) >= 11 is 0. The summed E-state index contributed by atoms with van der Waals surface area (Å²) < 4.78 is 5.40. The Balaban J connectivity index is 1.81. The summed E-state index contributed by atoms with van der Waals surface area (Å²) in [5, 5.41) is 5.61. The second-order valence-corrected chi connectivity index (χ2v) is 6.16. The molecule has 0 saturated carbocycles. The number of benzene rings is 2. The van der Waals surface area contributed by atoms with Crippen molar-refractivity contribution in [1.82, 2.24) is 0 Å². The minimum Gasteiger partial charge on any atom is -0.381 e. The van der Waals surface area contributed by atoms with Crippen LogP contribution in [0.3, 0.4) is 0 Å². The van der Waals surface area contributed by atoms with Gasteiger partial charge in [0.05, 0.1) is 13.0 Å². The number of nitrogens with one attached hydrogen (secondary N) is 2. The van der Waals surface area contributed by atoms with Gasteiger partial charge in [-0.1, -0.05) is 32.0 Å². The van der Waals surface area contributed by atoms with Crippen LogP contribution in [0, 0.1) is 5.92 Å². The Morgan fingerprint density at radius 3 is 2.20 bits per heavy atom. The Morgan fingerprint density at radius 2 is 1.56 bits per heavy atom. The highest BCUT2D eigenvalue weighted by Gasteiger charge is 2.07. The number of hydrogen-bond acceptors (Lipinski definition) is 3. The topological polar surface area (TPSA) is 67.4 Å². The van der Waals surface area contributed by atoms with E-state index in [2.05, 4.69) is 24.5 Å². The van der Waals surface area contributed by atoms with Gasteiger partial charge in [-0.2, -0.15) is 0 Å². The Morgan fingerprint density at radius 1 is 0.920 bits per heavy atom. The van der Waals surface area contributed by atoms with Gasteiger partial charge in [0.15, 0.2) is 0 Å². The normalized spacial score (nSPS) is 10.5. The van der Waals surface area contributed by atoms with E-state index in [1.165, 1.54) is 0 Å². The fourth-order valence-corrected chi connectivity index (χ4v) is 2.14. The van der Waals surface area contributed by atoms with Gasteiger partial charge in [0.1, 0.15) is 0 Å². The minimum absolute atomic E-state index is 0.106.